The molecule has 2 nitrogen and oxygen atoms in total. The van der Waals surface area contributed by atoms with Crippen molar-refractivity contribution in [3.63, 3.8) is 0 Å². The van der Waals surface area contributed by atoms with E-state index in [-0.39, 0.29) is 5.41 Å². The highest BCUT2D eigenvalue weighted by Gasteiger charge is 2.33. The number of rotatable bonds is 7. The van der Waals surface area contributed by atoms with Crippen molar-refractivity contribution in [2.24, 2.45) is 17.3 Å². The summed E-state index contributed by atoms with van der Waals surface area (Å²) in [5.74, 6) is 1.37. The van der Waals surface area contributed by atoms with Crippen molar-refractivity contribution in [2.75, 3.05) is 0 Å². The van der Waals surface area contributed by atoms with E-state index >= 15 is 0 Å². The summed E-state index contributed by atoms with van der Waals surface area (Å²) in [5, 5.41) is 5.59. The molecule has 5 rings (SSSR count). The molecule has 2 aromatic heterocycles. The van der Waals surface area contributed by atoms with E-state index in [0.29, 0.717) is 11.8 Å². The van der Waals surface area contributed by atoms with Crippen LogP contribution in [0.3, 0.4) is 0 Å². The SMILES string of the molecule is CC(C)C[Si](C)(CC(C)C)c1cc(-c2ncnc3c2sc2cc(CC(C)(C)C)ccc23)cc2ccccc12. The van der Waals surface area contributed by atoms with E-state index in [1.807, 2.05) is 11.3 Å². The van der Waals surface area contributed by atoms with E-state index in [9.17, 15) is 0 Å². The zero-order chi connectivity index (χ0) is 27.2. The standard InChI is InChI=1S/C34H42N2SSi/c1-22(2)19-38(8,20-23(3)4)30-17-26(16-25-11-9-10-12-27(25)30)31-33-32(36-21-35-31)28-14-13-24(15-29(28)37-33)18-34(5,6)7/h9-17,21-23H,18-20H2,1-8H3. The van der Waals surface area contributed by atoms with Gasteiger partial charge in [0.25, 0.3) is 0 Å². The monoisotopic (exact) mass is 538 g/mol. The number of hydrogen-bond donors (Lipinski definition) is 0. The molecule has 0 amide bonds. The van der Waals surface area contributed by atoms with Crippen LogP contribution in [0.25, 0.3) is 42.3 Å². The van der Waals surface area contributed by atoms with Crippen LogP contribution >= 0.6 is 11.3 Å². The second-order valence-corrected chi connectivity index (χ2v) is 19.1. The van der Waals surface area contributed by atoms with Crippen LogP contribution in [0.15, 0.2) is 60.9 Å². The Balaban J connectivity index is 1.73. The maximum absolute atomic E-state index is 4.92. The number of aromatic nitrogens is 2. The molecule has 0 atom stereocenters. The first-order chi connectivity index (χ1) is 17.9. The van der Waals surface area contributed by atoms with Crippen molar-refractivity contribution in [3.05, 3.63) is 66.5 Å². The summed E-state index contributed by atoms with van der Waals surface area (Å²) in [6.45, 7) is 19.1. The molecule has 38 heavy (non-hydrogen) atoms. The molecule has 4 heteroatoms. The fourth-order valence-electron chi connectivity index (χ4n) is 6.60. The molecule has 0 unspecified atom stereocenters. The Morgan fingerprint density at radius 2 is 1.55 bits per heavy atom. The van der Waals surface area contributed by atoms with Crippen LogP contribution < -0.4 is 5.19 Å². The lowest BCUT2D eigenvalue weighted by Crippen LogP contribution is -2.47. The van der Waals surface area contributed by atoms with Gasteiger partial charge in [-0.25, -0.2) is 9.97 Å². The lowest BCUT2D eigenvalue weighted by molar-refractivity contribution is 0.411. The minimum atomic E-state index is -1.75. The molecular weight excluding hydrogens is 497 g/mol. The molecule has 0 aliphatic carbocycles. The van der Waals surface area contributed by atoms with E-state index in [0.717, 1.165) is 17.6 Å². The molecule has 3 aromatic carbocycles. The molecule has 5 aromatic rings. The fraction of sp³-hybridized carbons (Fsp3) is 0.412. The van der Waals surface area contributed by atoms with Gasteiger partial charge in [0.05, 0.1) is 24.0 Å². The number of benzene rings is 3. The molecule has 0 aliphatic rings. The van der Waals surface area contributed by atoms with Crippen LogP contribution in [-0.2, 0) is 6.42 Å². The summed E-state index contributed by atoms with van der Waals surface area (Å²) in [6, 6.07) is 23.4. The third-order valence-corrected chi connectivity index (χ3v) is 13.9. The van der Waals surface area contributed by atoms with Crippen molar-refractivity contribution < 1.29 is 0 Å². The number of fused-ring (bicyclic) bond motifs is 4. The van der Waals surface area contributed by atoms with Crippen molar-refractivity contribution in [1.29, 1.82) is 0 Å². The Hall–Kier alpha value is -2.56. The average molecular weight is 539 g/mol. The molecular formula is C34H42N2SSi. The molecule has 2 heterocycles. The predicted molar refractivity (Wildman–Crippen MR) is 172 cm³/mol. The zero-order valence-electron chi connectivity index (χ0n) is 24.4. The summed E-state index contributed by atoms with van der Waals surface area (Å²) in [6.07, 6.45) is 2.83. The van der Waals surface area contributed by atoms with Gasteiger partial charge in [-0.05, 0) is 52.1 Å². The average Bonchev–Trinajstić information content (AvgIpc) is 3.19. The van der Waals surface area contributed by atoms with Gasteiger partial charge in [-0.3, -0.25) is 0 Å². The number of thiophene rings is 1. The number of nitrogens with zero attached hydrogens (tertiary/aromatic N) is 2. The van der Waals surface area contributed by atoms with Crippen LogP contribution in [0, 0.1) is 17.3 Å². The van der Waals surface area contributed by atoms with Crippen molar-refractivity contribution >= 4 is 55.7 Å². The minimum absolute atomic E-state index is 0.263. The van der Waals surface area contributed by atoms with Crippen LogP contribution in [-0.4, -0.2) is 18.0 Å². The first-order valence-electron chi connectivity index (χ1n) is 14.1. The Morgan fingerprint density at radius 3 is 2.24 bits per heavy atom. The molecule has 0 fully saturated rings. The van der Waals surface area contributed by atoms with Crippen LogP contribution in [0.4, 0.5) is 0 Å². The fourth-order valence-corrected chi connectivity index (χ4v) is 13.4. The molecule has 0 N–H and O–H groups in total. The lowest BCUT2D eigenvalue weighted by atomic mass is 9.88. The zero-order valence-corrected chi connectivity index (χ0v) is 26.2. The van der Waals surface area contributed by atoms with Gasteiger partial charge in [-0.15, -0.1) is 11.3 Å². The third kappa shape index (κ3) is 5.44. The molecule has 0 aliphatic heterocycles. The molecule has 0 saturated heterocycles. The van der Waals surface area contributed by atoms with Gasteiger partial charge in [-0.2, -0.15) is 0 Å². The Labute approximate surface area is 233 Å². The first kappa shape index (κ1) is 27.0. The largest absolute Gasteiger partial charge is 0.235 e. The van der Waals surface area contributed by atoms with Crippen molar-refractivity contribution in [1.82, 2.24) is 9.97 Å². The quantitative estimate of drug-likeness (QED) is 0.193. The van der Waals surface area contributed by atoms with Crippen molar-refractivity contribution in [3.8, 4) is 11.3 Å². The Morgan fingerprint density at radius 1 is 0.842 bits per heavy atom. The van der Waals surface area contributed by atoms with Crippen LogP contribution in [0.2, 0.25) is 18.6 Å². The topological polar surface area (TPSA) is 25.8 Å². The Kier molecular flexibility index (Phi) is 7.25. The van der Waals surface area contributed by atoms with Gasteiger partial charge in [0.15, 0.2) is 0 Å². The van der Waals surface area contributed by atoms with Crippen LogP contribution in [0.1, 0.15) is 54.0 Å². The minimum Gasteiger partial charge on any atom is -0.235 e. The van der Waals surface area contributed by atoms with Gasteiger partial charge in [-0.1, -0.05) is 115 Å². The molecule has 0 radical (unpaired) electrons. The van der Waals surface area contributed by atoms with E-state index in [2.05, 4.69) is 110 Å². The normalized spacial score (nSPS) is 13.0. The van der Waals surface area contributed by atoms with Gasteiger partial charge in [0.1, 0.15) is 6.33 Å². The van der Waals surface area contributed by atoms with Crippen molar-refractivity contribution in [2.45, 2.75) is 73.5 Å². The van der Waals surface area contributed by atoms with E-state index in [1.54, 1.807) is 11.5 Å². The highest BCUT2D eigenvalue weighted by Crippen LogP contribution is 2.39. The predicted octanol–water partition coefficient (Wildman–Crippen LogP) is 9.85. The van der Waals surface area contributed by atoms with E-state index in [4.69, 9.17) is 9.97 Å². The van der Waals surface area contributed by atoms with E-state index in [1.165, 1.54) is 48.8 Å². The maximum Gasteiger partial charge on any atom is 0.116 e. The van der Waals surface area contributed by atoms with E-state index < -0.39 is 8.07 Å². The lowest BCUT2D eigenvalue weighted by Gasteiger charge is -2.33. The van der Waals surface area contributed by atoms with Gasteiger partial charge >= 0.3 is 0 Å². The first-order valence-corrected chi connectivity index (χ1v) is 17.9. The van der Waals surface area contributed by atoms with Gasteiger partial charge in [0, 0.05) is 15.6 Å². The number of hydrogen-bond acceptors (Lipinski definition) is 3. The highest BCUT2D eigenvalue weighted by atomic mass is 32.1. The maximum atomic E-state index is 4.92. The van der Waals surface area contributed by atoms with Gasteiger partial charge in [0.2, 0.25) is 0 Å². The molecule has 0 saturated carbocycles. The summed E-state index contributed by atoms with van der Waals surface area (Å²) in [4.78, 5) is 9.70. The second kappa shape index (κ2) is 10.2. The summed E-state index contributed by atoms with van der Waals surface area (Å²) in [5.41, 5.74) is 5.05. The van der Waals surface area contributed by atoms with Crippen LogP contribution in [0.5, 0.6) is 0 Å². The summed E-state index contributed by atoms with van der Waals surface area (Å²) >= 11 is 1.85. The second-order valence-electron chi connectivity index (χ2n) is 13.6. The van der Waals surface area contributed by atoms with Gasteiger partial charge < -0.3 is 0 Å². The highest BCUT2D eigenvalue weighted by molar-refractivity contribution is 7.26. The summed E-state index contributed by atoms with van der Waals surface area (Å²) in [7, 11) is -1.75. The molecule has 0 bridgehead atoms. The summed E-state index contributed by atoms with van der Waals surface area (Å²) < 4.78 is 2.51. The third-order valence-electron chi connectivity index (χ3n) is 7.55. The smallest absolute Gasteiger partial charge is 0.116 e. The Bertz CT molecular complexity index is 1600. The molecule has 0 spiro atoms. The molecule has 198 valence electrons.